The molecule has 1 N–H and O–H groups in total. The van der Waals surface area contributed by atoms with Crippen LogP contribution in [0.2, 0.25) is 0 Å². The maximum absolute atomic E-state index is 13.2. The standard InChI is InChI=1S/C23H17F3N4O2S/c1-14-6-11-19(27-12-14)30-21(32)17-4-2-3-5-18(17)29-22(30)33-13-20(31)28-16-9-7-15(8-10-16)23(24,25)26/h2-12H,13H2,1H3,(H,28,31). The smallest absolute Gasteiger partial charge is 0.325 e. The summed E-state index contributed by atoms with van der Waals surface area (Å²) in [5.74, 6) is -0.197. The van der Waals surface area contributed by atoms with E-state index >= 15 is 0 Å². The van der Waals surface area contributed by atoms with Crippen molar-refractivity contribution in [2.75, 3.05) is 11.1 Å². The highest BCUT2D eigenvalue weighted by atomic mass is 32.2. The molecule has 0 saturated carbocycles. The second kappa shape index (κ2) is 9.07. The van der Waals surface area contributed by atoms with Crippen molar-refractivity contribution in [3.63, 3.8) is 0 Å². The SMILES string of the molecule is Cc1ccc(-n2c(SCC(=O)Nc3ccc(C(F)(F)F)cc3)nc3ccccc3c2=O)nc1. The number of para-hydroxylation sites is 1. The van der Waals surface area contributed by atoms with Gasteiger partial charge in [-0.15, -0.1) is 0 Å². The number of thioether (sulfide) groups is 1. The summed E-state index contributed by atoms with van der Waals surface area (Å²) < 4.78 is 39.5. The van der Waals surface area contributed by atoms with Crippen molar-refractivity contribution in [2.45, 2.75) is 18.3 Å². The fourth-order valence-corrected chi connectivity index (χ4v) is 3.87. The average molecular weight is 470 g/mol. The summed E-state index contributed by atoms with van der Waals surface area (Å²) in [6, 6.07) is 14.5. The molecule has 0 bridgehead atoms. The number of nitrogens with zero attached hydrogens (tertiary/aromatic N) is 3. The van der Waals surface area contributed by atoms with Gasteiger partial charge in [0.15, 0.2) is 5.16 Å². The lowest BCUT2D eigenvalue weighted by Gasteiger charge is -2.13. The number of alkyl halides is 3. The van der Waals surface area contributed by atoms with Crippen molar-refractivity contribution < 1.29 is 18.0 Å². The molecule has 0 aliphatic heterocycles. The Hall–Kier alpha value is -3.66. The summed E-state index contributed by atoms with van der Waals surface area (Å²) in [7, 11) is 0. The number of hydrogen-bond donors (Lipinski definition) is 1. The van der Waals surface area contributed by atoms with Gasteiger partial charge < -0.3 is 5.32 Å². The van der Waals surface area contributed by atoms with Gasteiger partial charge in [0, 0.05) is 11.9 Å². The van der Waals surface area contributed by atoms with Crippen LogP contribution in [0.5, 0.6) is 0 Å². The molecular formula is C23H17F3N4O2S. The highest BCUT2D eigenvalue weighted by Crippen LogP contribution is 2.30. The van der Waals surface area contributed by atoms with Crippen molar-refractivity contribution in [1.29, 1.82) is 0 Å². The molecule has 10 heteroatoms. The third-order valence-corrected chi connectivity index (χ3v) is 5.64. The van der Waals surface area contributed by atoms with E-state index in [9.17, 15) is 22.8 Å². The number of rotatable bonds is 5. The Labute approximate surface area is 190 Å². The fourth-order valence-electron chi connectivity index (χ4n) is 3.07. The number of aromatic nitrogens is 3. The Kier molecular flexibility index (Phi) is 6.19. The summed E-state index contributed by atoms with van der Waals surface area (Å²) >= 11 is 1.03. The number of benzene rings is 2. The lowest BCUT2D eigenvalue weighted by atomic mass is 10.2. The van der Waals surface area contributed by atoms with E-state index in [0.29, 0.717) is 16.7 Å². The van der Waals surface area contributed by atoms with Crippen molar-refractivity contribution in [2.24, 2.45) is 0 Å². The zero-order chi connectivity index (χ0) is 23.6. The van der Waals surface area contributed by atoms with Gasteiger partial charge in [-0.25, -0.2) is 14.5 Å². The van der Waals surface area contributed by atoms with Gasteiger partial charge in [-0.3, -0.25) is 9.59 Å². The maximum Gasteiger partial charge on any atom is 0.416 e. The second-order valence-electron chi connectivity index (χ2n) is 7.16. The highest BCUT2D eigenvalue weighted by Gasteiger charge is 2.30. The van der Waals surface area contributed by atoms with Crippen LogP contribution < -0.4 is 10.9 Å². The molecule has 1 amide bonds. The number of amides is 1. The average Bonchev–Trinajstić information content (AvgIpc) is 2.78. The number of halogens is 3. The van der Waals surface area contributed by atoms with Gasteiger partial charge in [-0.2, -0.15) is 13.2 Å². The van der Waals surface area contributed by atoms with Crippen molar-refractivity contribution >= 4 is 34.3 Å². The van der Waals surface area contributed by atoms with Gasteiger partial charge in [0.05, 0.1) is 22.2 Å². The summed E-state index contributed by atoms with van der Waals surface area (Å²) in [5, 5.41) is 3.24. The molecule has 4 rings (SSSR count). The van der Waals surface area contributed by atoms with Gasteiger partial charge in [-0.05, 0) is 55.0 Å². The third kappa shape index (κ3) is 5.06. The minimum Gasteiger partial charge on any atom is -0.325 e. The van der Waals surface area contributed by atoms with Crippen LogP contribution in [0.15, 0.2) is 76.8 Å². The first-order valence-corrected chi connectivity index (χ1v) is 10.8. The molecule has 0 atom stereocenters. The van der Waals surface area contributed by atoms with E-state index in [1.165, 1.54) is 16.7 Å². The largest absolute Gasteiger partial charge is 0.416 e. The summed E-state index contributed by atoms with van der Waals surface area (Å²) in [6.07, 6.45) is -2.82. The third-order valence-electron chi connectivity index (χ3n) is 4.70. The molecule has 0 radical (unpaired) electrons. The van der Waals surface area contributed by atoms with Crippen molar-refractivity contribution in [1.82, 2.24) is 14.5 Å². The van der Waals surface area contributed by atoms with Crippen molar-refractivity contribution in [3.8, 4) is 5.82 Å². The van der Waals surface area contributed by atoms with Crippen LogP contribution in [-0.4, -0.2) is 26.2 Å². The second-order valence-corrected chi connectivity index (χ2v) is 8.10. The van der Waals surface area contributed by atoms with E-state index in [1.807, 2.05) is 13.0 Å². The number of aryl methyl sites for hydroxylation is 1. The number of carbonyl (C=O) groups is 1. The molecule has 6 nitrogen and oxygen atoms in total. The van der Waals surface area contributed by atoms with Crippen LogP contribution in [0.4, 0.5) is 18.9 Å². The molecule has 0 unspecified atom stereocenters. The molecule has 0 spiro atoms. The predicted molar refractivity (Wildman–Crippen MR) is 121 cm³/mol. The van der Waals surface area contributed by atoms with Crippen LogP contribution in [0.25, 0.3) is 16.7 Å². The molecular weight excluding hydrogens is 453 g/mol. The summed E-state index contributed by atoms with van der Waals surface area (Å²) in [5.41, 5.74) is 0.521. The number of hydrogen-bond acceptors (Lipinski definition) is 5. The minimum atomic E-state index is -4.45. The molecule has 0 saturated heterocycles. The Bertz CT molecular complexity index is 1370. The van der Waals surface area contributed by atoms with Gasteiger partial charge in [0.25, 0.3) is 5.56 Å². The summed E-state index contributed by atoms with van der Waals surface area (Å²) in [4.78, 5) is 34.4. The fraction of sp³-hybridized carbons (Fsp3) is 0.130. The molecule has 33 heavy (non-hydrogen) atoms. The Morgan fingerprint density at radius 2 is 1.79 bits per heavy atom. The maximum atomic E-state index is 13.2. The summed E-state index contributed by atoms with van der Waals surface area (Å²) in [6.45, 7) is 1.87. The molecule has 0 aliphatic rings. The first-order valence-electron chi connectivity index (χ1n) is 9.77. The van der Waals surface area contributed by atoms with E-state index in [-0.39, 0.29) is 22.2 Å². The normalized spacial score (nSPS) is 11.5. The number of fused-ring (bicyclic) bond motifs is 1. The Morgan fingerprint density at radius 1 is 1.06 bits per heavy atom. The molecule has 168 valence electrons. The number of pyridine rings is 1. The van der Waals surface area contributed by atoms with Crippen molar-refractivity contribution in [3.05, 3.63) is 88.3 Å². The number of nitrogens with one attached hydrogen (secondary N) is 1. The van der Waals surface area contributed by atoms with Gasteiger partial charge in [0.1, 0.15) is 5.82 Å². The van der Waals surface area contributed by atoms with Crippen LogP contribution in [0.3, 0.4) is 0 Å². The van der Waals surface area contributed by atoms with E-state index in [1.54, 1.807) is 36.5 Å². The first kappa shape index (κ1) is 22.5. The van der Waals surface area contributed by atoms with Gasteiger partial charge in [0.2, 0.25) is 5.91 Å². The zero-order valence-corrected chi connectivity index (χ0v) is 18.1. The molecule has 2 aromatic carbocycles. The molecule has 0 aliphatic carbocycles. The lowest BCUT2D eigenvalue weighted by Crippen LogP contribution is -2.23. The number of carbonyl (C=O) groups excluding carboxylic acids is 1. The highest BCUT2D eigenvalue weighted by molar-refractivity contribution is 7.99. The van der Waals surface area contributed by atoms with E-state index in [2.05, 4.69) is 15.3 Å². The monoisotopic (exact) mass is 470 g/mol. The Balaban J connectivity index is 1.59. The van der Waals surface area contributed by atoms with E-state index < -0.39 is 17.6 Å². The van der Waals surface area contributed by atoms with Crippen LogP contribution in [0, 0.1) is 6.92 Å². The van der Waals surface area contributed by atoms with Crippen LogP contribution in [0.1, 0.15) is 11.1 Å². The van der Waals surface area contributed by atoms with Gasteiger partial charge in [-0.1, -0.05) is 30.0 Å². The number of anilines is 1. The van der Waals surface area contributed by atoms with Crippen LogP contribution >= 0.6 is 11.8 Å². The lowest BCUT2D eigenvalue weighted by molar-refractivity contribution is -0.137. The quantitative estimate of drug-likeness (QED) is 0.334. The first-order chi connectivity index (χ1) is 15.7. The molecule has 4 aromatic rings. The zero-order valence-electron chi connectivity index (χ0n) is 17.3. The molecule has 0 fully saturated rings. The van der Waals surface area contributed by atoms with Gasteiger partial charge >= 0.3 is 6.18 Å². The molecule has 2 aromatic heterocycles. The van der Waals surface area contributed by atoms with Crippen LogP contribution in [-0.2, 0) is 11.0 Å². The van der Waals surface area contributed by atoms with E-state index in [0.717, 1.165) is 29.5 Å². The Morgan fingerprint density at radius 3 is 2.45 bits per heavy atom. The predicted octanol–water partition coefficient (Wildman–Crippen LogP) is 4.84. The minimum absolute atomic E-state index is 0.113. The van der Waals surface area contributed by atoms with E-state index in [4.69, 9.17) is 0 Å². The molecule has 2 heterocycles. The topological polar surface area (TPSA) is 76.9 Å².